The summed E-state index contributed by atoms with van der Waals surface area (Å²) in [6.07, 6.45) is 1.91. The summed E-state index contributed by atoms with van der Waals surface area (Å²) in [6.45, 7) is 27.4. The number of para-hydroxylation sites is 2. The minimum atomic E-state index is -0.0153. The first-order valence-corrected chi connectivity index (χ1v) is 22.1. The van der Waals surface area contributed by atoms with Crippen molar-refractivity contribution in [1.29, 1.82) is 0 Å². The Kier molecular flexibility index (Phi) is 10.5. The van der Waals surface area contributed by atoms with Crippen LogP contribution in [0.5, 0.6) is 11.5 Å². The van der Waals surface area contributed by atoms with E-state index in [2.05, 4.69) is 206 Å². The van der Waals surface area contributed by atoms with Crippen LogP contribution in [0.2, 0.25) is 0 Å². The van der Waals surface area contributed by atoms with Crippen LogP contribution in [0.4, 0.5) is 22.7 Å². The summed E-state index contributed by atoms with van der Waals surface area (Å²) in [5.74, 6) is 2.63. The molecule has 1 atom stereocenters. The van der Waals surface area contributed by atoms with Gasteiger partial charge in [0.2, 0.25) is 0 Å². The second-order valence-corrected chi connectivity index (χ2v) is 19.8. The third kappa shape index (κ3) is 7.17. The number of anilines is 4. The van der Waals surface area contributed by atoms with Gasteiger partial charge in [-0.3, -0.25) is 0 Å². The number of aromatic nitrogens is 2. The van der Waals surface area contributed by atoms with E-state index in [9.17, 15) is 0 Å². The van der Waals surface area contributed by atoms with Crippen molar-refractivity contribution >= 4 is 44.6 Å². The van der Waals surface area contributed by atoms with E-state index in [0.717, 1.165) is 39.0 Å². The summed E-state index contributed by atoms with van der Waals surface area (Å²) in [5.41, 5.74) is 18.6. The Balaban J connectivity index is 0.00000504. The maximum Gasteiger partial charge on any atom is 0.135 e. The normalized spacial score (nSPS) is 14.6. The van der Waals surface area contributed by atoms with E-state index in [-0.39, 0.29) is 37.8 Å². The summed E-state index contributed by atoms with van der Waals surface area (Å²) >= 11 is 0. The molecule has 0 spiro atoms. The van der Waals surface area contributed by atoms with E-state index in [1.165, 1.54) is 61.4 Å². The average molecular weight is 1010 g/mol. The third-order valence-electron chi connectivity index (χ3n) is 13.1. The molecular weight excluding hydrogens is 952 g/mol. The van der Waals surface area contributed by atoms with Crippen molar-refractivity contribution in [2.45, 2.75) is 98.8 Å². The standard InChI is InChI=1S/C57H55N4O.Pt/c1-34(2)47-28-38(53-35(3)26-40(27-36(53)4)57(9,10)11)29-48-37(5)44-19-15-21-50-55(44)60(54(47)48)33-59(50)41-16-14-17-42(31-41)62-43-22-23-46-45-18-12-13-20-49(45)61(51(46)32-43)52-30-39(24-25-58-52)56(6,7)8;/h12-30,33-34,37H,1-11H3;/q-3;. The molecule has 0 N–H and O–H groups in total. The van der Waals surface area contributed by atoms with Crippen LogP contribution >= 0.6 is 0 Å². The fourth-order valence-electron chi connectivity index (χ4n) is 9.78. The number of fused-ring (bicyclic) bond motifs is 5. The van der Waals surface area contributed by atoms with Gasteiger partial charge in [-0.05, 0) is 122 Å². The Morgan fingerprint density at radius 3 is 2.13 bits per heavy atom. The molecular formula is C57H55N4OPt-3. The molecule has 2 aliphatic rings. The van der Waals surface area contributed by atoms with Gasteiger partial charge in [0.05, 0.1) is 0 Å². The molecule has 322 valence electrons. The van der Waals surface area contributed by atoms with Gasteiger partial charge in [-0.1, -0.05) is 110 Å². The van der Waals surface area contributed by atoms with Crippen LogP contribution in [0.3, 0.4) is 0 Å². The molecule has 0 amide bonds. The maximum atomic E-state index is 6.65. The molecule has 63 heavy (non-hydrogen) atoms. The Morgan fingerprint density at radius 1 is 0.683 bits per heavy atom. The largest absolute Gasteiger partial charge is 0.509 e. The smallest absolute Gasteiger partial charge is 0.135 e. The van der Waals surface area contributed by atoms with Gasteiger partial charge < -0.3 is 19.1 Å². The second-order valence-electron chi connectivity index (χ2n) is 19.8. The molecule has 8 aromatic rings. The molecule has 6 aromatic carbocycles. The van der Waals surface area contributed by atoms with Gasteiger partial charge in [0.25, 0.3) is 0 Å². The predicted molar refractivity (Wildman–Crippen MR) is 258 cm³/mol. The van der Waals surface area contributed by atoms with Gasteiger partial charge >= 0.3 is 0 Å². The monoisotopic (exact) mass is 1010 g/mol. The number of hydrogen-bond donors (Lipinski definition) is 0. The van der Waals surface area contributed by atoms with Gasteiger partial charge in [-0.15, -0.1) is 48.1 Å². The van der Waals surface area contributed by atoms with E-state index in [1.807, 2.05) is 18.3 Å². The van der Waals surface area contributed by atoms with E-state index in [0.29, 0.717) is 17.4 Å². The minimum Gasteiger partial charge on any atom is -0.509 e. The van der Waals surface area contributed by atoms with E-state index in [4.69, 9.17) is 9.72 Å². The van der Waals surface area contributed by atoms with Crippen molar-refractivity contribution in [2.24, 2.45) is 0 Å². The molecule has 0 fully saturated rings. The van der Waals surface area contributed by atoms with Crippen molar-refractivity contribution < 1.29 is 25.8 Å². The Labute approximate surface area is 388 Å². The number of aryl methyl sites for hydroxylation is 2. The van der Waals surface area contributed by atoms with Gasteiger partial charge in [0, 0.05) is 67.3 Å². The summed E-state index contributed by atoms with van der Waals surface area (Å²) in [6, 6.07) is 46.8. The number of pyridine rings is 1. The van der Waals surface area contributed by atoms with Crippen LogP contribution in [-0.2, 0) is 31.9 Å². The molecule has 6 heteroatoms. The number of benzene rings is 6. The Morgan fingerprint density at radius 2 is 1.40 bits per heavy atom. The van der Waals surface area contributed by atoms with E-state index >= 15 is 0 Å². The zero-order chi connectivity index (χ0) is 43.4. The molecule has 4 heterocycles. The van der Waals surface area contributed by atoms with Crippen LogP contribution in [-0.4, -0.2) is 9.55 Å². The summed E-state index contributed by atoms with van der Waals surface area (Å²) in [7, 11) is 0. The van der Waals surface area contributed by atoms with Crippen molar-refractivity contribution in [3.05, 3.63) is 173 Å². The fourth-order valence-corrected chi connectivity index (χ4v) is 9.78. The number of nitrogens with zero attached hydrogens (tertiary/aromatic N) is 4. The molecule has 0 aliphatic carbocycles. The third-order valence-corrected chi connectivity index (χ3v) is 13.1. The molecule has 0 saturated heterocycles. The van der Waals surface area contributed by atoms with Gasteiger partial charge in [-0.25, -0.2) is 4.98 Å². The SMILES string of the molecule is Cc1cc(C(C)(C)C)cc(C)c1-c1cc(C(C)C)c2c(c1)C(C)c1cccc3c1N2[CH-]N3c1[c-]c(Oc2[c-]c3c(cc2)c2ccccc2n3-c2cc(C(C)(C)C)ccn2)ccc1.[Pt]. The number of hydrogen-bond acceptors (Lipinski definition) is 4. The topological polar surface area (TPSA) is 33.5 Å². The minimum absolute atomic E-state index is 0. The quantitative estimate of drug-likeness (QED) is 0.155. The van der Waals surface area contributed by atoms with E-state index < -0.39 is 0 Å². The molecule has 0 saturated carbocycles. The fraction of sp³-hybridized carbons (Fsp3) is 0.263. The number of rotatable bonds is 6. The molecule has 5 nitrogen and oxygen atoms in total. The van der Waals surface area contributed by atoms with Crippen LogP contribution in [0.25, 0.3) is 38.8 Å². The average Bonchev–Trinajstić information content (AvgIpc) is 3.78. The molecule has 0 radical (unpaired) electrons. The first-order valence-electron chi connectivity index (χ1n) is 22.1. The Hall–Kier alpha value is -5.64. The van der Waals surface area contributed by atoms with E-state index in [1.54, 1.807) is 0 Å². The molecule has 10 rings (SSSR count). The zero-order valence-corrected chi connectivity index (χ0v) is 40.5. The predicted octanol–water partition coefficient (Wildman–Crippen LogP) is 15.4. The van der Waals surface area contributed by atoms with Crippen molar-refractivity contribution in [2.75, 3.05) is 9.80 Å². The summed E-state index contributed by atoms with van der Waals surface area (Å²) < 4.78 is 8.86. The molecule has 2 aliphatic heterocycles. The van der Waals surface area contributed by atoms with Crippen LogP contribution < -0.4 is 14.5 Å². The summed E-state index contributed by atoms with van der Waals surface area (Å²) in [5, 5.41) is 2.25. The molecule has 0 bridgehead atoms. The Bertz CT molecular complexity index is 3070. The second kappa shape index (κ2) is 15.6. The first kappa shape index (κ1) is 42.6. The van der Waals surface area contributed by atoms with Crippen LogP contribution in [0.1, 0.15) is 113 Å². The maximum absolute atomic E-state index is 6.65. The van der Waals surface area contributed by atoms with Crippen molar-refractivity contribution in [3.8, 4) is 28.4 Å². The summed E-state index contributed by atoms with van der Waals surface area (Å²) in [4.78, 5) is 9.56. The zero-order valence-electron chi connectivity index (χ0n) is 38.2. The van der Waals surface area contributed by atoms with Gasteiger partial charge in [-0.2, -0.15) is 12.1 Å². The van der Waals surface area contributed by atoms with Gasteiger partial charge in [0.15, 0.2) is 0 Å². The van der Waals surface area contributed by atoms with Crippen LogP contribution in [0.15, 0.2) is 115 Å². The van der Waals surface area contributed by atoms with Crippen LogP contribution in [0, 0.1) is 32.6 Å². The first-order chi connectivity index (χ1) is 29.6. The van der Waals surface area contributed by atoms with Gasteiger partial charge in [0.1, 0.15) is 5.82 Å². The molecule has 1 unspecified atom stereocenters. The van der Waals surface area contributed by atoms with Crippen molar-refractivity contribution in [3.63, 3.8) is 0 Å². The van der Waals surface area contributed by atoms with Crippen molar-refractivity contribution in [1.82, 2.24) is 9.55 Å². The molecule has 2 aromatic heterocycles. The number of ether oxygens (including phenoxy) is 1.